The van der Waals surface area contributed by atoms with Crippen LogP contribution in [0.25, 0.3) is 21.5 Å². The standard InChI is InChI=1S/C14H6BrClFNO2S/c15-9-4-6(17)3-7-8(14(19)20)5-10(18-13(7)9)11-1-2-12(16)21-11/h1-5H,(H,19,20). The van der Waals surface area contributed by atoms with Crippen molar-refractivity contribution in [3.8, 4) is 10.6 Å². The van der Waals surface area contributed by atoms with Gasteiger partial charge >= 0.3 is 5.97 Å². The van der Waals surface area contributed by atoms with Crippen molar-refractivity contribution in [2.24, 2.45) is 0 Å². The third-order valence-electron chi connectivity index (χ3n) is 2.89. The number of carboxylic acids is 1. The van der Waals surface area contributed by atoms with Gasteiger partial charge in [-0.3, -0.25) is 0 Å². The number of thiophene rings is 1. The van der Waals surface area contributed by atoms with E-state index >= 15 is 0 Å². The first-order valence-electron chi connectivity index (χ1n) is 5.74. The van der Waals surface area contributed by atoms with Crippen molar-refractivity contribution in [1.82, 2.24) is 4.98 Å². The van der Waals surface area contributed by atoms with Crippen molar-refractivity contribution < 1.29 is 14.3 Å². The molecule has 2 heterocycles. The fourth-order valence-electron chi connectivity index (χ4n) is 2.01. The molecule has 2 aromatic heterocycles. The number of fused-ring (bicyclic) bond motifs is 1. The van der Waals surface area contributed by atoms with E-state index in [-0.39, 0.29) is 10.9 Å². The summed E-state index contributed by atoms with van der Waals surface area (Å²) >= 11 is 10.4. The van der Waals surface area contributed by atoms with Gasteiger partial charge < -0.3 is 5.11 Å². The minimum atomic E-state index is -1.14. The van der Waals surface area contributed by atoms with Crippen LogP contribution in [0.1, 0.15) is 10.4 Å². The lowest BCUT2D eigenvalue weighted by atomic mass is 10.1. The van der Waals surface area contributed by atoms with Gasteiger partial charge in [-0.15, -0.1) is 11.3 Å². The van der Waals surface area contributed by atoms with E-state index < -0.39 is 11.8 Å². The van der Waals surface area contributed by atoms with Gasteiger partial charge in [0, 0.05) is 9.86 Å². The van der Waals surface area contributed by atoms with Crippen LogP contribution in [-0.2, 0) is 0 Å². The first-order valence-corrected chi connectivity index (χ1v) is 7.73. The molecule has 0 aliphatic carbocycles. The van der Waals surface area contributed by atoms with E-state index in [4.69, 9.17) is 11.6 Å². The minimum absolute atomic E-state index is 0.000257. The summed E-state index contributed by atoms with van der Waals surface area (Å²) in [4.78, 5) is 16.6. The monoisotopic (exact) mass is 385 g/mol. The molecule has 0 bridgehead atoms. The maximum absolute atomic E-state index is 13.5. The van der Waals surface area contributed by atoms with Crippen molar-refractivity contribution in [2.75, 3.05) is 0 Å². The summed E-state index contributed by atoms with van der Waals surface area (Å²) in [5, 5.41) is 9.60. The molecule has 7 heteroatoms. The number of nitrogens with zero attached hydrogens (tertiary/aromatic N) is 1. The molecule has 106 valence electrons. The summed E-state index contributed by atoms with van der Waals surface area (Å²) < 4.78 is 14.5. The number of halogens is 3. The number of rotatable bonds is 2. The molecular formula is C14H6BrClFNO2S. The Kier molecular flexibility index (Phi) is 3.69. The highest BCUT2D eigenvalue weighted by Gasteiger charge is 2.16. The Balaban J connectivity index is 2.37. The van der Waals surface area contributed by atoms with E-state index in [0.29, 0.717) is 20.0 Å². The lowest BCUT2D eigenvalue weighted by Crippen LogP contribution is -2.01. The van der Waals surface area contributed by atoms with Crippen LogP contribution in [0.15, 0.2) is 34.8 Å². The van der Waals surface area contributed by atoms with Crippen molar-refractivity contribution >= 4 is 55.7 Å². The molecule has 3 rings (SSSR count). The third kappa shape index (κ3) is 2.66. The number of carbonyl (C=O) groups is 1. The molecule has 21 heavy (non-hydrogen) atoms. The van der Waals surface area contributed by atoms with Gasteiger partial charge in [0.25, 0.3) is 0 Å². The zero-order valence-electron chi connectivity index (χ0n) is 10.2. The van der Waals surface area contributed by atoms with E-state index in [9.17, 15) is 14.3 Å². The van der Waals surface area contributed by atoms with E-state index in [1.807, 2.05) is 0 Å². The van der Waals surface area contributed by atoms with Crippen LogP contribution in [0.5, 0.6) is 0 Å². The number of hydrogen-bond acceptors (Lipinski definition) is 3. The van der Waals surface area contributed by atoms with Crippen LogP contribution in [-0.4, -0.2) is 16.1 Å². The summed E-state index contributed by atoms with van der Waals surface area (Å²) in [5.41, 5.74) is 0.889. The number of aromatic nitrogens is 1. The summed E-state index contributed by atoms with van der Waals surface area (Å²) in [6.45, 7) is 0. The van der Waals surface area contributed by atoms with Crippen LogP contribution >= 0.6 is 38.9 Å². The van der Waals surface area contributed by atoms with E-state index in [2.05, 4.69) is 20.9 Å². The highest BCUT2D eigenvalue weighted by Crippen LogP contribution is 2.34. The Hall–Kier alpha value is -1.50. The average molecular weight is 387 g/mol. The molecule has 0 radical (unpaired) electrons. The van der Waals surface area contributed by atoms with E-state index in [1.165, 1.54) is 29.5 Å². The highest BCUT2D eigenvalue weighted by molar-refractivity contribution is 9.10. The van der Waals surface area contributed by atoms with Crippen LogP contribution < -0.4 is 0 Å². The van der Waals surface area contributed by atoms with Crippen molar-refractivity contribution in [1.29, 1.82) is 0 Å². The quantitative estimate of drug-likeness (QED) is 0.657. The third-order valence-corrected chi connectivity index (χ3v) is 4.75. The van der Waals surface area contributed by atoms with Crippen LogP contribution in [0, 0.1) is 5.82 Å². The maximum atomic E-state index is 13.5. The largest absolute Gasteiger partial charge is 0.478 e. The van der Waals surface area contributed by atoms with E-state index in [0.717, 1.165) is 4.88 Å². The Morgan fingerprint density at radius 2 is 2.10 bits per heavy atom. The molecule has 0 saturated carbocycles. The van der Waals surface area contributed by atoms with Crippen molar-refractivity contribution in [3.05, 3.63) is 50.5 Å². The molecule has 0 fully saturated rings. The molecule has 3 aromatic rings. The SMILES string of the molecule is O=C(O)c1cc(-c2ccc(Cl)s2)nc2c(Br)cc(F)cc12. The Morgan fingerprint density at radius 3 is 2.71 bits per heavy atom. The second-order valence-electron chi connectivity index (χ2n) is 4.25. The van der Waals surface area contributed by atoms with E-state index in [1.54, 1.807) is 12.1 Å². The molecular weight excluding hydrogens is 381 g/mol. The van der Waals surface area contributed by atoms with Gasteiger partial charge in [-0.1, -0.05) is 11.6 Å². The van der Waals surface area contributed by atoms with Gasteiger partial charge in [0.15, 0.2) is 0 Å². The molecule has 0 spiro atoms. The molecule has 0 amide bonds. The molecule has 1 aromatic carbocycles. The molecule has 0 aliphatic heterocycles. The predicted molar refractivity (Wildman–Crippen MR) is 84.7 cm³/mol. The second-order valence-corrected chi connectivity index (χ2v) is 6.82. The number of pyridine rings is 1. The summed E-state index contributed by atoms with van der Waals surface area (Å²) in [6.07, 6.45) is 0. The van der Waals surface area contributed by atoms with Gasteiger partial charge in [0.05, 0.1) is 26.0 Å². The first-order chi connectivity index (χ1) is 9.95. The van der Waals surface area contributed by atoms with Gasteiger partial charge in [0.2, 0.25) is 0 Å². The molecule has 1 N–H and O–H groups in total. The smallest absolute Gasteiger partial charge is 0.336 e. The summed E-state index contributed by atoms with van der Waals surface area (Å²) in [5.74, 6) is -1.66. The topological polar surface area (TPSA) is 50.2 Å². The zero-order chi connectivity index (χ0) is 15.1. The van der Waals surface area contributed by atoms with Crippen molar-refractivity contribution in [2.45, 2.75) is 0 Å². The number of benzene rings is 1. The van der Waals surface area contributed by atoms with Gasteiger partial charge in [-0.25, -0.2) is 14.2 Å². The van der Waals surface area contributed by atoms with Crippen molar-refractivity contribution in [3.63, 3.8) is 0 Å². The fourth-order valence-corrected chi connectivity index (χ4v) is 3.53. The van der Waals surface area contributed by atoms with Crippen LogP contribution in [0.2, 0.25) is 4.34 Å². The Morgan fingerprint density at radius 1 is 1.33 bits per heavy atom. The Labute approximate surface area is 136 Å². The second kappa shape index (κ2) is 5.36. The predicted octanol–water partition coefficient (Wildman–Crippen LogP) is 5.22. The number of aromatic carboxylic acids is 1. The fraction of sp³-hybridized carbons (Fsp3) is 0. The molecule has 0 unspecified atom stereocenters. The Bertz CT molecular complexity index is 881. The first kappa shape index (κ1) is 14.4. The average Bonchev–Trinajstić information content (AvgIpc) is 2.84. The summed E-state index contributed by atoms with van der Waals surface area (Å²) in [7, 11) is 0. The summed E-state index contributed by atoms with van der Waals surface area (Å²) in [6, 6.07) is 7.34. The van der Waals surface area contributed by atoms with Gasteiger partial charge in [-0.05, 0) is 46.3 Å². The number of hydrogen-bond donors (Lipinski definition) is 1. The molecule has 0 atom stereocenters. The molecule has 0 aliphatic rings. The zero-order valence-corrected chi connectivity index (χ0v) is 13.4. The number of carboxylic acid groups (broad SMARTS) is 1. The maximum Gasteiger partial charge on any atom is 0.336 e. The molecule has 3 nitrogen and oxygen atoms in total. The molecule has 0 saturated heterocycles. The highest BCUT2D eigenvalue weighted by atomic mass is 79.9. The minimum Gasteiger partial charge on any atom is -0.478 e. The van der Waals surface area contributed by atoms with Crippen LogP contribution in [0.3, 0.4) is 0 Å². The van der Waals surface area contributed by atoms with Gasteiger partial charge in [-0.2, -0.15) is 0 Å². The normalized spacial score (nSPS) is 11.0. The van der Waals surface area contributed by atoms with Crippen LogP contribution in [0.4, 0.5) is 4.39 Å². The lowest BCUT2D eigenvalue weighted by Gasteiger charge is -2.07. The lowest BCUT2D eigenvalue weighted by molar-refractivity contribution is 0.0699. The van der Waals surface area contributed by atoms with Gasteiger partial charge in [0.1, 0.15) is 5.82 Å².